The van der Waals surface area contributed by atoms with Gasteiger partial charge in [0.1, 0.15) is 0 Å². The summed E-state index contributed by atoms with van der Waals surface area (Å²) in [6.45, 7) is 8.73. The van der Waals surface area contributed by atoms with E-state index in [-0.39, 0.29) is 0 Å². The second kappa shape index (κ2) is 8.08. The molecular formula is C14H29NO. The van der Waals surface area contributed by atoms with Crippen LogP contribution in [0, 0.1) is 5.92 Å². The lowest BCUT2D eigenvalue weighted by atomic mass is 9.89. The van der Waals surface area contributed by atoms with E-state index in [1.54, 1.807) is 0 Å². The van der Waals surface area contributed by atoms with E-state index < -0.39 is 0 Å². The van der Waals surface area contributed by atoms with Crippen molar-refractivity contribution in [2.24, 2.45) is 5.92 Å². The molecule has 0 bridgehead atoms. The Morgan fingerprint density at radius 1 is 1.12 bits per heavy atom. The molecule has 0 unspecified atom stereocenters. The van der Waals surface area contributed by atoms with Crippen LogP contribution < -0.4 is 5.32 Å². The highest BCUT2D eigenvalue weighted by Crippen LogP contribution is 2.25. The van der Waals surface area contributed by atoms with E-state index in [9.17, 15) is 0 Å². The highest BCUT2D eigenvalue weighted by molar-refractivity contribution is 4.70. The van der Waals surface area contributed by atoms with Crippen LogP contribution in [-0.4, -0.2) is 25.3 Å². The van der Waals surface area contributed by atoms with Crippen molar-refractivity contribution in [3.63, 3.8) is 0 Å². The van der Waals surface area contributed by atoms with Gasteiger partial charge in [-0.3, -0.25) is 0 Å². The molecule has 1 aliphatic carbocycles. The molecule has 0 aromatic heterocycles. The second-order valence-electron chi connectivity index (χ2n) is 5.22. The maximum atomic E-state index is 5.91. The average Bonchev–Trinajstić information content (AvgIpc) is 2.32. The van der Waals surface area contributed by atoms with E-state index in [0.29, 0.717) is 12.1 Å². The summed E-state index contributed by atoms with van der Waals surface area (Å²) >= 11 is 0. The summed E-state index contributed by atoms with van der Waals surface area (Å²) < 4.78 is 5.91. The molecule has 0 amide bonds. The molecule has 0 aromatic rings. The lowest BCUT2D eigenvalue weighted by Crippen LogP contribution is -2.32. The lowest BCUT2D eigenvalue weighted by molar-refractivity contribution is 0.0207. The van der Waals surface area contributed by atoms with Crippen LogP contribution in [0.25, 0.3) is 0 Å². The molecule has 1 N–H and O–H groups in total. The molecule has 2 nitrogen and oxygen atoms in total. The van der Waals surface area contributed by atoms with Crippen LogP contribution in [0.5, 0.6) is 0 Å². The third kappa shape index (κ3) is 5.31. The first-order valence-electron chi connectivity index (χ1n) is 7.11. The quantitative estimate of drug-likeness (QED) is 0.673. The third-order valence-electron chi connectivity index (χ3n) is 3.84. The van der Waals surface area contributed by atoms with E-state index in [0.717, 1.165) is 19.1 Å². The highest BCUT2D eigenvalue weighted by Gasteiger charge is 2.18. The fourth-order valence-electron chi connectivity index (χ4n) is 2.46. The number of ether oxygens (including phenoxy) is 1. The Morgan fingerprint density at radius 3 is 2.31 bits per heavy atom. The SMILES string of the molecule is CCC(CC)NCCOC1CCC(C)CC1. The molecule has 0 heterocycles. The first kappa shape index (κ1) is 14.0. The van der Waals surface area contributed by atoms with Crippen molar-refractivity contribution in [3.05, 3.63) is 0 Å². The molecule has 2 heteroatoms. The van der Waals surface area contributed by atoms with Gasteiger partial charge in [0.2, 0.25) is 0 Å². The Kier molecular flexibility index (Phi) is 7.06. The monoisotopic (exact) mass is 227 g/mol. The van der Waals surface area contributed by atoms with Gasteiger partial charge >= 0.3 is 0 Å². The minimum atomic E-state index is 0.541. The zero-order valence-electron chi connectivity index (χ0n) is 11.3. The Balaban J connectivity index is 1.98. The summed E-state index contributed by atoms with van der Waals surface area (Å²) in [4.78, 5) is 0. The number of rotatable bonds is 7. The molecule has 0 saturated heterocycles. The molecule has 96 valence electrons. The van der Waals surface area contributed by atoms with Gasteiger partial charge in [0, 0.05) is 12.6 Å². The summed E-state index contributed by atoms with van der Waals surface area (Å²) in [6.07, 6.45) is 8.22. The summed E-state index contributed by atoms with van der Waals surface area (Å²) in [5.41, 5.74) is 0. The average molecular weight is 227 g/mol. The highest BCUT2D eigenvalue weighted by atomic mass is 16.5. The lowest BCUT2D eigenvalue weighted by Gasteiger charge is -2.26. The van der Waals surface area contributed by atoms with Crippen molar-refractivity contribution >= 4 is 0 Å². The Morgan fingerprint density at radius 2 is 1.75 bits per heavy atom. The van der Waals surface area contributed by atoms with Crippen molar-refractivity contribution in [2.75, 3.05) is 13.2 Å². The van der Waals surface area contributed by atoms with Crippen molar-refractivity contribution in [1.29, 1.82) is 0 Å². The van der Waals surface area contributed by atoms with Gasteiger partial charge in [-0.25, -0.2) is 0 Å². The van der Waals surface area contributed by atoms with Crippen LogP contribution in [0.3, 0.4) is 0 Å². The van der Waals surface area contributed by atoms with Gasteiger partial charge in [-0.1, -0.05) is 20.8 Å². The molecule has 16 heavy (non-hydrogen) atoms. The minimum absolute atomic E-state index is 0.541. The first-order valence-corrected chi connectivity index (χ1v) is 7.11. The van der Waals surface area contributed by atoms with Gasteiger partial charge in [0.25, 0.3) is 0 Å². The second-order valence-corrected chi connectivity index (χ2v) is 5.22. The standard InChI is InChI=1S/C14H29NO/c1-4-13(5-2)15-10-11-16-14-8-6-12(3)7-9-14/h12-15H,4-11H2,1-3H3. The zero-order chi connectivity index (χ0) is 11.8. The van der Waals surface area contributed by atoms with E-state index >= 15 is 0 Å². The normalized spacial score (nSPS) is 26.2. The van der Waals surface area contributed by atoms with Crippen LogP contribution in [0.2, 0.25) is 0 Å². The minimum Gasteiger partial charge on any atom is -0.377 e. The largest absolute Gasteiger partial charge is 0.377 e. The molecule has 0 aliphatic heterocycles. The zero-order valence-corrected chi connectivity index (χ0v) is 11.3. The Bertz CT molecular complexity index is 160. The number of nitrogens with one attached hydrogen (secondary N) is 1. The first-order chi connectivity index (χ1) is 7.76. The van der Waals surface area contributed by atoms with Crippen molar-refractivity contribution in [3.8, 4) is 0 Å². The maximum absolute atomic E-state index is 5.91. The van der Waals surface area contributed by atoms with E-state index in [1.807, 2.05) is 0 Å². The van der Waals surface area contributed by atoms with E-state index in [4.69, 9.17) is 4.74 Å². The summed E-state index contributed by atoms with van der Waals surface area (Å²) in [5.74, 6) is 0.919. The molecule has 1 rings (SSSR count). The predicted octanol–water partition coefficient (Wildman–Crippen LogP) is 3.36. The third-order valence-corrected chi connectivity index (χ3v) is 3.84. The molecule has 0 aromatic carbocycles. The van der Waals surface area contributed by atoms with Gasteiger partial charge in [-0.15, -0.1) is 0 Å². The van der Waals surface area contributed by atoms with Crippen molar-refractivity contribution < 1.29 is 4.74 Å². The molecular weight excluding hydrogens is 198 g/mol. The molecule has 1 aliphatic rings. The van der Waals surface area contributed by atoms with Gasteiger partial charge in [-0.2, -0.15) is 0 Å². The molecule has 1 fully saturated rings. The Hall–Kier alpha value is -0.0800. The van der Waals surface area contributed by atoms with Crippen molar-refractivity contribution in [1.82, 2.24) is 5.32 Å². The van der Waals surface area contributed by atoms with E-state index in [1.165, 1.54) is 38.5 Å². The smallest absolute Gasteiger partial charge is 0.0594 e. The topological polar surface area (TPSA) is 21.3 Å². The van der Waals surface area contributed by atoms with Crippen LogP contribution >= 0.6 is 0 Å². The van der Waals surface area contributed by atoms with Crippen LogP contribution in [0.4, 0.5) is 0 Å². The predicted molar refractivity (Wildman–Crippen MR) is 69.7 cm³/mol. The van der Waals surface area contributed by atoms with Gasteiger partial charge in [-0.05, 0) is 44.4 Å². The Labute approximate surface area is 101 Å². The maximum Gasteiger partial charge on any atom is 0.0594 e. The fraction of sp³-hybridized carbons (Fsp3) is 1.00. The molecule has 0 spiro atoms. The summed E-state index contributed by atoms with van der Waals surface area (Å²) in [7, 11) is 0. The summed E-state index contributed by atoms with van der Waals surface area (Å²) in [5, 5.41) is 3.54. The van der Waals surface area contributed by atoms with E-state index in [2.05, 4.69) is 26.1 Å². The van der Waals surface area contributed by atoms with Crippen LogP contribution in [-0.2, 0) is 4.74 Å². The molecule has 0 atom stereocenters. The van der Waals surface area contributed by atoms with Gasteiger partial charge < -0.3 is 10.1 Å². The molecule has 0 radical (unpaired) electrons. The van der Waals surface area contributed by atoms with Crippen LogP contribution in [0.15, 0.2) is 0 Å². The van der Waals surface area contributed by atoms with Crippen LogP contribution in [0.1, 0.15) is 59.3 Å². The number of hydrogen-bond acceptors (Lipinski definition) is 2. The summed E-state index contributed by atoms with van der Waals surface area (Å²) in [6, 6.07) is 0.676. The molecule has 1 saturated carbocycles. The van der Waals surface area contributed by atoms with Gasteiger partial charge in [0.15, 0.2) is 0 Å². The van der Waals surface area contributed by atoms with Gasteiger partial charge in [0.05, 0.1) is 12.7 Å². The fourth-order valence-corrected chi connectivity index (χ4v) is 2.46. The van der Waals surface area contributed by atoms with Crippen molar-refractivity contribution in [2.45, 2.75) is 71.4 Å². The number of hydrogen-bond donors (Lipinski definition) is 1.